The molecule has 1 amide bonds. The summed E-state index contributed by atoms with van der Waals surface area (Å²) >= 11 is 0. The summed E-state index contributed by atoms with van der Waals surface area (Å²) < 4.78 is 32.3. The smallest absolute Gasteiger partial charge is 0.248 e. The van der Waals surface area contributed by atoms with Crippen LogP contribution in [0.15, 0.2) is 21.1 Å². The highest BCUT2D eigenvalue weighted by Gasteiger charge is 2.36. The first-order valence-corrected chi connectivity index (χ1v) is 12.2. The number of amides is 1. The molecular weight excluding hydrogens is 404 g/mol. The molecule has 2 saturated heterocycles. The number of aryl methyl sites for hydroxylation is 2. The van der Waals surface area contributed by atoms with Crippen LogP contribution in [-0.2, 0) is 14.8 Å². The molecule has 0 bridgehead atoms. The van der Waals surface area contributed by atoms with Gasteiger partial charge in [-0.25, -0.2) is 8.42 Å². The van der Waals surface area contributed by atoms with E-state index in [1.165, 1.54) is 9.88 Å². The number of nitrogens with one attached hydrogen (secondary N) is 1. The zero-order valence-corrected chi connectivity index (χ0v) is 19.3. The number of aromatic nitrogens is 1. The third-order valence-corrected chi connectivity index (χ3v) is 8.23. The van der Waals surface area contributed by atoms with E-state index < -0.39 is 10.0 Å². The van der Waals surface area contributed by atoms with Crippen molar-refractivity contribution >= 4 is 15.9 Å². The van der Waals surface area contributed by atoms with Crippen LogP contribution in [0.5, 0.6) is 0 Å². The predicted octanol–water partition coefficient (Wildman–Crippen LogP) is 2.24. The average Bonchev–Trinajstić information content (AvgIpc) is 3.06. The van der Waals surface area contributed by atoms with Crippen molar-refractivity contribution in [3.63, 3.8) is 0 Å². The van der Waals surface area contributed by atoms with Crippen LogP contribution in [0.1, 0.15) is 51.0 Å². The monoisotopic (exact) mass is 438 g/mol. The lowest BCUT2D eigenvalue weighted by molar-refractivity contribution is -0.127. The van der Waals surface area contributed by atoms with Gasteiger partial charge in [0.2, 0.25) is 15.9 Å². The highest BCUT2D eigenvalue weighted by atomic mass is 32.2. The summed E-state index contributed by atoms with van der Waals surface area (Å²) in [5.41, 5.74) is 1.71. The van der Waals surface area contributed by atoms with E-state index >= 15 is 0 Å². The van der Waals surface area contributed by atoms with Crippen LogP contribution in [0.2, 0.25) is 0 Å². The lowest BCUT2D eigenvalue weighted by Crippen LogP contribution is -2.48. The summed E-state index contributed by atoms with van der Waals surface area (Å²) in [7, 11) is -3.64. The molecule has 0 radical (unpaired) electrons. The molecule has 2 fully saturated rings. The minimum absolute atomic E-state index is 0.0622. The molecule has 0 aromatic carbocycles. The van der Waals surface area contributed by atoms with Gasteiger partial charge in [-0.15, -0.1) is 0 Å². The van der Waals surface area contributed by atoms with Gasteiger partial charge in [0.25, 0.3) is 0 Å². The molecule has 30 heavy (non-hydrogen) atoms. The number of hydrogen-bond donors (Lipinski definition) is 1. The summed E-state index contributed by atoms with van der Waals surface area (Å²) in [6.45, 7) is 11.1. The first kappa shape index (κ1) is 23.0. The Morgan fingerprint density at radius 2 is 1.77 bits per heavy atom. The van der Waals surface area contributed by atoms with E-state index in [2.05, 4.69) is 35.3 Å². The fourth-order valence-electron chi connectivity index (χ4n) is 4.22. The minimum Gasteiger partial charge on any atom is -0.360 e. The van der Waals surface area contributed by atoms with Crippen molar-refractivity contribution in [2.75, 3.05) is 32.7 Å². The van der Waals surface area contributed by atoms with Crippen LogP contribution in [0.3, 0.4) is 0 Å². The first-order valence-electron chi connectivity index (χ1n) is 10.8. The van der Waals surface area contributed by atoms with Crippen molar-refractivity contribution in [3.05, 3.63) is 23.1 Å². The van der Waals surface area contributed by atoms with Gasteiger partial charge in [-0.05, 0) is 53.4 Å². The van der Waals surface area contributed by atoms with Crippen molar-refractivity contribution < 1.29 is 17.7 Å². The fourth-order valence-corrected chi connectivity index (χ4v) is 5.98. The molecule has 3 heterocycles. The maximum atomic E-state index is 12.9. The third-order valence-electron chi connectivity index (χ3n) is 6.08. The van der Waals surface area contributed by atoms with Gasteiger partial charge in [-0.1, -0.05) is 16.8 Å². The van der Waals surface area contributed by atoms with E-state index in [0.717, 1.165) is 32.5 Å². The van der Waals surface area contributed by atoms with Crippen LogP contribution < -0.4 is 5.32 Å². The van der Waals surface area contributed by atoms with Gasteiger partial charge in [-0.2, -0.15) is 4.31 Å². The molecule has 0 atom stereocenters. The maximum absolute atomic E-state index is 12.9. The summed E-state index contributed by atoms with van der Waals surface area (Å²) in [6.07, 6.45) is 5.23. The Morgan fingerprint density at radius 1 is 1.13 bits per heavy atom. The number of nitrogens with zero attached hydrogens (tertiary/aromatic N) is 3. The largest absolute Gasteiger partial charge is 0.360 e. The highest BCUT2D eigenvalue weighted by molar-refractivity contribution is 7.89. The molecule has 0 spiro atoms. The van der Waals surface area contributed by atoms with E-state index in [-0.39, 0.29) is 22.8 Å². The zero-order chi connectivity index (χ0) is 21.9. The van der Waals surface area contributed by atoms with Gasteiger partial charge >= 0.3 is 0 Å². The Balaban J connectivity index is 1.47. The van der Waals surface area contributed by atoms with Crippen molar-refractivity contribution in [2.24, 2.45) is 5.92 Å². The van der Waals surface area contributed by atoms with Crippen LogP contribution in [-0.4, -0.2) is 67.5 Å². The molecule has 0 unspecified atom stereocenters. The Hall–Kier alpha value is -1.71. The number of piperidine rings is 2. The van der Waals surface area contributed by atoms with Crippen LogP contribution in [0.25, 0.3) is 0 Å². The second-order valence-electron chi connectivity index (χ2n) is 8.70. The van der Waals surface area contributed by atoms with Gasteiger partial charge < -0.3 is 9.84 Å². The molecule has 168 valence electrons. The van der Waals surface area contributed by atoms with Gasteiger partial charge in [-0.3, -0.25) is 9.69 Å². The predicted molar refractivity (Wildman–Crippen MR) is 114 cm³/mol. The number of rotatable bonds is 6. The van der Waals surface area contributed by atoms with E-state index in [0.29, 0.717) is 37.4 Å². The van der Waals surface area contributed by atoms with Crippen molar-refractivity contribution in [3.8, 4) is 0 Å². The first-order chi connectivity index (χ1) is 14.2. The normalized spacial score (nSPS) is 20.3. The van der Waals surface area contributed by atoms with E-state index in [1.54, 1.807) is 13.8 Å². The number of likely N-dealkylation sites (tertiary alicyclic amines) is 1. The number of sulfonamides is 1. The second-order valence-corrected chi connectivity index (χ2v) is 10.6. The van der Waals surface area contributed by atoms with Gasteiger partial charge in [0.05, 0.1) is 0 Å². The standard InChI is InChI=1S/C21H34N4O4S/c1-15(2)5-10-24-11-8-19(9-12-24)22-21(26)18-6-13-25(14-7-18)30(27,28)20-16(3)23-29-17(20)4/h5,18-19H,6-14H2,1-4H3,(H,22,26). The summed E-state index contributed by atoms with van der Waals surface area (Å²) in [4.78, 5) is 15.3. The number of allylic oxidation sites excluding steroid dienone is 1. The SMILES string of the molecule is CC(C)=CCN1CCC(NC(=O)C2CCN(S(=O)(=O)c3c(C)noc3C)CC2)CC1. The van der Waals surface area contributed by atoms with Crippen LogP contribution >= 0.6 is 0 Å². The molecule has 9 heteroatoms. The summed E-state index contributed by atoms with van der Waals surface area (Å²) in [6, 6.07) is 0.213. The highest BCUT2D eigenvalue weighted by Crippen LogP contribution is 2.28. The van der Waals surface area contributed by atoms with Crippen molar-refractivity contribution in [1.29, 1.82) is 0 Å². The van der Waals surface area contributed by atoms with Gasteiger partial charge in [0.15, 0.2) is 5.76 Å². The van der Waals surface area contributed by atoms with Gasteiger partial charge in [0, 0.05) is 44.7 Å². The molecule has 2 aliphatic heterocycles. The number of carbonyl (C=O) groups excluding carboxylic acids is 1. The van der Waals surface area contributed by atoms with Crippen molar-refractivity contribution in [2.45, 2.75) is 64.3 Å². The van der Waals surface area contributed by atoms with Gasteiger partial charge in [0.1, 0.15) is 10.6 Å². The molecule has 2 aliphatic rings. The Labute approximate surface area is 179 Å². The van der Waals surface area contributed by atoms with E-state index in [4.69, 9.17) is 4.52 Å². The topological polar surface area (TPSA) is 95.8 Å². The van der Waals surface area contributed by atoms with E-state index in [9.17, 15) is 13.2 Å². The molecule has 1 N–H and O–H groups in total. The average molecular weight is 439 g/mol. The molecule has 1 aromatic rings. The van der Waals surface area contributed by atoms with E-state index in [1.807, 2.05) is 0 Å². The molecule has 0 aliphatic carbocycles. The Morgan fingerprint density at radius 3 is 2.30 bits per heavy atom. The fraction of sp³-hybridized carbons (Fsp3) is 0.714. The maximum Gasteiger partial charge on any atom is 0.248 e. The lowest BCUT2D eigenvalue weighted by Gasteiger charge is -2.34. The second kappa shape index (κ2) is 9.62. The zero-order valence-electron chi connectivity index (χ0n) is 18.5. The van der Waals surface area contributed by atoms with Crippen LogP contribution in [0.4, 0.5) is 0 Å². The quantitative estimate of drug-likeness (QED) is 0.685. The minimum atomic E-state index is -3.64. The molecular formula is C21H34N4O4S. The molecule has 1 aromatic heterocycles. The molecule has 3 rings (SSSR count). The summed E-state index contributed by atoms with van der Waals surface area (Å²) in [5.74, 6) is 0.236. The van der Waals surface area contributed by atoms with Crippen LogP contribution in [0, 0.1) is 19.8 Å². The lowest BCUT2D eigenvalue weighted by atomic mass is 9.96. The Kier molecular flexibility index (Phi) is 7.36. The number of hydrogen-bond acceptors (Lipinski definition) is 6. The Bertz CT molecular complexity index is 853. The molecule has 0 saturated carbocycles. The molecule has 8 nitrogen and oxygen atoms in total. The summed E-state index contributed by atoms with van der Waals surface area (Å²) in [5, 5.41) is 6.96. The van der Waals surface area contributed by atoms with Crippen molar-refractivity contribution in [1.82, 2.24) is 19.7 Å². The number of carbonyl (C=O) groups is 1. The third kappa shape index (κ3) is 5.31.